The third-order valence-corrected chi connectivity index (χ3v) is 5.72. The molecular formula is C16H17Cl2NO2. The van der Waals surface area contributed by atoms with Gasteiger partial charge in [-0.1, -0.05) is 37.0 Å². The average molecular weight is 326 g/mol. The van der Waals surface area contributed by atoms with E-state index >= 15 is 0 Å². The molecule has 1 amide bonds. The highest BCUT2D eigenvalue weighted by atomic mass is 35.5. The van der Waals surface area contributed by atoms with Gasteiger partial charge in [-0.05, 0) is 43.4 Å². The summed E-state index contributed by atoms with van der Waals surface area (Å²) >= 11 is 11.9. The Morgan fingerprint density at radius 3 is 2.62 bits per heavy atom. The van der Waals surface area contributed by atoms with E-state index in [-0.39, 0.29) is 11.7 Å². The summed E-state index contributed by atoms with van der Waals surface area (Å²) in [6, 6.07) is 4.91. The molecule has 2 bridgehead atoms. The van der Waals surface area contributed by atoms with E-state index in [0.29, 0.717) is 34.5 Å². The second-order valence-electron chi connectivity index (χ2n) is 6.65. The van der Waals surface area contributed by atoms with Crippen LogP contribution in [0.15, 0.2) is 18.2 Å². The van der Waals surface area contributed by atoms with Crippen LogP contribution in [0.1, 0.15) is 33.1 Å². The number of anilines is 1. The van der Waals surface area contributed by atoms with Crippen LogP contribution in [-0.2, 0) is 9.59 Å². The van der Waals surface area contributed by atoms with Gasteiger partial charge in [0.05, 0.1) is 10.7 Å². The molecule has 0 radical (unpaired) electrons. The molecule has 1 aromatic rings. The Balaban J connectivity index is 1.88. The Morgan fingerprint density at radius 1 is 1.33 bits per heavy atom. The van der Waals surface area contributed by atoms with Gasteiger partial charge in [0.2, 0.25) is 5.91 Å². The predicted octanol–water partition coefficient (Wildman–Crippen LogP) is 4.33. The summed E-state index contributed by atoms with van der Waals surface area (Å²) in [5.74, 6) is 0.134. The molecule has 5 heteroatoms. The first-order valence-electron chi connectivity index (χ1n) is 7.09. The SMILES string of the molecule is CC1(C)C(=O)C2(C(=O)Nc3ccc(Cl)cc3Cl)CCC1C2. The van der Waals surface area contributed by atoms with Crippen LogP contribution in [0.2, 0.25) is 10.0 Å². The zero-order chi connectivity index (χ0) is 15.4. The number of carbonyl (C=O) groups excluding carboxylic acids is 2. The largest absolute Gasteiger partial charge is 0.324 e. The Labute approximate surface area is 134 Å². The van der Waals surface area contributed by atoms with E-state index in [1.165, 1.54) is 0 Å². The lowest BCUT2D eigenvalue weighted by molar-refractivity contribution is -0.142. The van der Waals surface area contributed by atoms with Gasteiger partial charge in [0.25, 0.3) is 0 Å². The minimum Gasteiger partial charge on any atom is -0.324 e. The Kier molecular flexibility index (Phi) is 3.34. The molecule has 2 aliphatic carbocycles. The monoisotopic (exact) mass is 325 g/mol. The van der Waals surface area contributed by atoms with Gasteiger partial charge in [0.1, 0.15) is 5.41 Å². The van der Waals surface area contributed by atoms with Crippen LogP contribution < -0.4 is 5.32 Å². The minimum absolute atomic E-state index is 0.0637. The van der Waals surface area contributed by atoms with Gasteiger partial charge in [-0.2, -0.15) is 0 Å². The second-order valence-corrected chi connectivity index (χ2v) is 7.49. The Bertz CT molecular complexity index is 641. The fourth-order valence-corrected chi connectivity index (χ4v) is 4.27. The minimum atomic E-state index is -0.878. The van der Waals surface area contributed by atoms with Crippen LogP contribution in [-0.4, -0.2) is 11.7 Å². The molecule has 0 spiro atoms. The Hall–Kier alpha value is -1.06. The van der Waals surface area contributed by atoms with Gasteiger partial charge < -0.3 is 5.32 Å². The summed E-state index contributed by atoms with van der Waals surface area (Å²) < 4.78 is 0. The first-order chi connectivity index (χ1) is 9.77. The molecule has 1 aromatic carbocycles. The number of amides is 1. The molecule has 2 aliphatic rings. The average Bonchev–Trinajstić information content (AvgIpc) is 2.93. The lowest BCUT2D eigenvalue weighted by Crippen LogP contribution is -2.44. The molecule has 2 fully saturated rings. The smallest absolute Gasteiger partial charge is 0.238 e. The summed E-state index contributed by atoms with van der Waals surface area (Å²) in [6.07, 6.45) is 2.22. The lowest BCUT2D eigenvalue weighted by Gasteiger charge is -2.32. The number of fused-ring (bicyclic) bond motifs is 2. The van der Waals surface area contributed by atoms with Gasteiger partial charge in [-0.3, -0.25) is 9.59 Å². The molecule has 0 aromatic heterocycles. The molecule has 2 unspecified atom stereocenters. The number of benzene rings is 1. The van der Waals surface area contributed by atoms with Gasteiger partial charge >= 0.3 is 0 Å². The van der Waals surface area contributed by atoms with Crippen LogP contribution in [0.4, 0.5) is 5.69 Å². The third-order valence-electron chi connectivity index (χ3n) is 5.17. The lowest BCUT2D eigenvalue weighted by atomic mass is 9.70. The van der Waals surface area contributed by atoms with Gasteiger partial charge in [0, 0.05) is 10.4 Å². The number of carbonyl (C=O) groups is 2. The number of Topliss-reactive ketones (excluding diaryl/α,β-unsaturated/α-hetero) is 1. The van der Waals surface area contributed by atoms with Crippen molar-refractivity contribution in [2.75, 3.05) is 5.32 Å². The quantitative estimate of drug-likeness (QED) is 0.823. The highest BCUT2D eigenvalue weighted by molar-refractivity contribution is 6.36. The van der Waals surface area contributed by atoms with Crippen LogP contribution >= 0.6 is 23.2 Å². The topological polar surface area (TPSA) is 46.2 Å². The highest BCUT2D eigenvalue weighted by Crippen LogP contribution is 2.60. The zero-order valence-electron chi connectivity index (χ0n) is 12.0. The van der Waals surface area contributed by atoms with Crippen molar-refractivity contribution >= 4 is 40.6 Å². The van der Waals surface area contributed by atoms with Crippen molar-refractivity contribution in [3.05, 3.63) is 28.2 Å². The summed E-state index contributed by atoms with van der Waals surface area (Å²) in [5, 5.41) is 3.71. The maximum absolute atomic E-state index is 12.7. The number of hydrogen-bond donors (Lipinski definition) is 1. The van der Waals surface area contributed by atoms with Gasteiger partial charge in [0.15, 0.2) is 5.78 Å². The molecular weight excluding hydrogens is 309 g/mol. The molecule has 21 heavy (non-hydrogen) atoms. The van der Waals surface area contributed by atoms with Crippen molar-refractivity contribution in [1.82, 2.24) is 0 Å². The summed E-state index contributed by atoms with van der Waals surface area (Å²) in [4.78, 5) is 25.4. The van der Waals surface area contributed by atoms with E-state index in [1.807, 2.05) is 13.8 Å². The van der Waals surface area contributed by atoms with Gasteiger partial charge in [-0.15, -0.1) is 0 Å². The van der Waals surface area contributed by atoms with Crippen molar-refractivity contribution in [2.24, 2.45) is 16.7 Å². The van der Waals surface area contributed by atoms with Crippen molar-refractivity contribution in [3.63, 3.8) is 0 Å². The highest BCUT2D eigenvalue weighted by Gasteiger charge is 2.65. The molecule has 0 aliphatic heterocycles. The van der Waals surface area contributed by atoms with Crippen LogP contribution in [0.3, 0.4) is 0 Å². The van der Waals surface area contributed by atoms with Crippen LogP contribution in [0.5, 0.6) is 0 Å². The zero-order valence-corrected chi connectivity index (χ0v) is 13.5. The number of ketones is 1. The van der Waals surface area contributed by atoms with E-state index in [9.17, 15) is 9.59 Å². The van der Waals surface area contributed by atoms with Gasteiger partial charge in [-0.25, -0.2) is 0 Å². The maximum atomic E-state index is 12.7. The molecule has 2 atom stereocenters. The molecule has 112 valence electrons. The first-order valence-corrected chi connectivity index (χ1v) is 7.84. The van der Waals surface area contributed by atoms with E-state index in [2.05, 4.69) is 5.32 Å². The predicted molar refractivity (Wildman–Crippen MR) is 83.7 cm³/mol. The number of halogens is 2. The molecule has 0 saturated heterocycles. The van der Waals surface area contributed by atoms with Crippen molar-refractivity contribution in [2.45, 2.75) is 33.1 Å². The van der Waals surface area contributed by atoms with Crippen LogP contribution in [0, 0.1) is 16.7 Å². The Morgan fingerprint density at radius 2 is 2.05 bits per heavy atom. The number of nitrogens with one attached hydrogen (secondary N) is 1. The standard InChI is InChI=1S/C16H17Cl2NO2/c1-15(2)9-5-6-16(8-9,13(15)20)14(21)19-12-4-3-10(17)7-11(12)18/h3-4,7,9H,5-6,8H2,1-2H3,(H,19,21). The second kappa shape index (κ2) is 4.72. The molecule has 2 saturated carbocycles. The normalized spacial score (nSPS) is 29.7. The summed E-state index contributed by atoms with van der Waals surface area (Å²) in [6.45, 7) is 3.90. The number of rotatable bonds is 2. The molecule has 0 heterocycles. The molecule has 1 N–H and O–H groups in total. The van der Waals surface area contributed by atoms with Crippen molar-refractivity contribution in [1.29, 1.82) is 0 Å². The fourth-order valence-electron chi connectivity index (χ4n) is 3.81. The van der Waals surface area contributed by atoms with Crippen LogP contribution in [0.25, 0.3) is 0 Å². The summed E-state index contributed by atoms with van der Waals surface area (Å²) in [5.41, 5.74) is -0.780. The maximum Gasteiger partial charge on any atom is 0.238 e. The van der Waals surface area contributed by atoms with E-state index in [1.54, 1.807) is 18.2 Å². The number of hydrogen-bond acceptors (Lipinski definition) is 2. The summed E-state index contributed by atoms with van der Waals surface area (Å²) in [7, 11) is 0. The fraction of sp³-hybridized carbons (Fsp3) is 0.500. The first kappa shape index (κ1) is 14.9. The molecule has 3 nitrogen and oxygen atoms in total. The van der Waals surface area contributed by atoms with E-state index < -0.39 is 10.8 Å². The van der Waals surface area contributed by atoms with E-state index in [4.69, 9.17) is 23.2 Å². The van der Waals surface area contributed by atoms with Crippen molar-refractivity contribution < 1.29 is 9.59 Å². The molecule has 3 rings (SSSR count). The van der Waals surface area contributed by atoms with E-state index in [0.717, 1.165) is 6.42 Å². The van der Waals surface area contributed by atoms with Crippen molar-refractivity contribution in [3.8, 4) is 0 Å². The third kappa shape index (κ3) is 2.09.